The van der Waals surface area contributed by atoms with Crippen molar-refractivity contribution in [2.45, 2.75) is 71.1 Å². The molecule has 0 aromatic heterocycles. The molecule has 0 saturated heterocycles. The topological polar surface area (TPSA) is 121 Å². The summed E-state index contributed by atoms with van der Waals surface area (Å²) in [5, 5.41) is 8.41. The minimum atomic E-state index is -4.86. The summed E-state index contributed by atoms with van der Waals surface area (Å²) >= 11 is 0. The number of unbranched alkanes of at least 4 members (excludes halogenated alkanes) is 8. The molecule has 0 unspecified atom stereocenters. The van der Waals surface area contributed by atoms with Crippen molar-refractivity contribution in [2.24, 2.45) is 0 Å². The molecule has 6 nitrogen and oxygen atoms in total. The first-order valence-electron chi connectivity index (χ1n) is 6.86. The third kappa shape index (κ3) is 42.8. The number of rotatable bonds is 10. The van der Waals surface area contributed by atoms with Gasteiger partial charge in [-0.15, -0.1) is 0 Å². The molecule has 0 aliphatic rings. The smallest absolute Gasteiger partial charge is 0.794 e. The van der Waals surface area contributed by atoms with Crippen molar-refractivity contribution in [3.8, 4) is 0 Å². The first-order chi connectivity index (χ1) is 8.77. The molecule has 0 aromatic carbocycles. The molecule has 0 amide bonds. The Morgan fingerprint density at radius 3 is 1.50 bits per heavy atom. The molecule has 4 N–H and O–H groups in total. The van der Waals surface area contributed by atoms with E-state index in [4.69, 9.17) is 24.3 Å². The van der Waals surface area contributed by atoms with E-state index >= 15 is 0 Å². The molecule has 0 aliphatic carbocycles. The fourth-order valence-electron chi connectivity index (χ4n) is 1.59. The van der Waals surface area contributed by atoms with E-state index in [-0.39, 0.29) is 29.6 Å². The summed E-state index contributed by atoms with van der Waals surface area (Å²) in [5.41, 5.74) is 0. The van der Waals surface area contributed by atoms with Crippen LogP contribution in [0.3, 0.4) is 0 Å². The van der Waals surface area contributed by atoms with Crippen molar-refractivity contribution < 1.29 is 58.6 Å². The maximum atomic E-state index is 10.2. The Hall–Kier alpha value is 0.527. The summed E-state index contributed by atoms with van der Waals surface area (Å²) in [4.78, 5) is 40.8. The molecule has 0 atom stereocenters. The van der Waals surface area contributed by atoms with Crippen LogP contribution in [-0.4, -0.2) is 34.5 Å². The van der Waals surface area contributed by atoms with Crippen LogP contribution in [0.2, 0.25) is 0 Å². The van der Waals surface area contributed by atoms with Crippen LogP contribution in [-0.2, 0) is 4.79 Å². The summed E-state index contributed by atoms with van der Waals surface area (Å²) in [6, 6.07) is 0. The Balaban J connectivity index is -0.000000414. The average Bonchev–Trinajstić information content (AvgIpc) is 2.24. The van der Waals surface area contributed by atoms with Crippen LogP contribution in [0.25, 0.3) is 0 Å². The second-order valence-electron chi connectivity index (χ2n) is 4.55. The molecule has 0 spiro atoms. The van der Waals surface area contributed by atoms with Crippen molar-refractivity contribution in [1.82, 2.24) is 0 Å². The number of carboxylic acids is 1. The third-order valence-electron chi connectivity index (χ3n) is 2.49. The van der Waals surface area contributed by atoms with Gasteiger partial charge in [0, 0.05) is 6.42 Å². The zero-order chi connectivity index (χ0) is 15.1. The molecule has 0 saturated carbocycles. The van der Waals surface area contributed by atoms with Gasteiger partial charge in [-0.2, -0.15) is 0 Å². The van der Waals surface area contributed by atoms with Crippen LogP contribution >= 0.6 is 0 Å². The normalized spacial score (nSPS) is 10.2. The molecular weight excluding hydrogens is 291 g/mol. The van der Waals surface area contributed by atoms with E-state index in [9.17, 15) is 4.79 Å². The molecule has 0 rings (SSSR count). The number of hydrogen-bond acceptors (Lipinski definition) is 5. The molecule has 0 bridgehead atoms. The SMILES string of the molecule is CCCCCCCCCCCC(=O)O.[Na+].[O-][Si](O)(O)O. The Morgan fingerprint density at radius 2 is 1.20 bits per heavy atom. The first-order valence-corrected chi connectivity index (χ1v) is 8.61. The molecule has 8 heteroatoms. The fraction of sp³-hybridized carbons (Fsp3) is 0.917. The summed E-state index contributed by atoms with van der Waals surface area (Å²) in [7, 11) is -4.86. The van der Waals surface area contributed by atoms with Gasteiger partial charge in [0.25, 0.3) is 0 Å². The zero-order valence-electron chi connectivity index (χ0n) is 12.7. The molecule has 0 fully saturated rings. The fourth-order valence-corrected chi connectivity index (χ4v) is 1.59. The van der Waals surface area contributed by atoms with Gasteiger partial charge in [-0.25, -0.2) is 0 Å². The second kappa shape index (κ2) is 17.6. The summed E-state index contributed by atoms with van der Waals surface area (Å²) in [5.74, 6) is -0.659. The van der Waals surface area contributed by atoms with Gasteiger partial charge in [0.05, 0.1) is 0 Å². The monoisotopic (exact) mass is 318 g/mol. The van der Waals surface area contributed by atoms with Crippen LogP contribution in [0.4, 0.5) is 0 Å². The van der Waals surface area contributed by atoms with Gasteiger partial charge in [-0.3, -0.25) is 4.79 Å². The van der Waals surface area contributed by atoms with Gasteiger partial charge in [0.2, 0.25) is 0 Å². The third-order valence-corrected chi connectivity index (χ3v) is 2.49. The van der Waals surface area contributed by atoms with Crippen molar-refractivity contribution in [3.63, 3.8) is 0 Å². The van der Waals surface area contributed by atoms with Gasteiger partial charge in [-0.1, -0.05) is 58.3 Å². The van der Waals surface area contributed by atoms with E-state index in [2.05, 4.69) is 6.92 Å². The van der Waals surface area contributed by atoms with E-state index in [1.807, 2.05) is 0 Å². The molecule has 20 heavy (non-hydrogen) atoms. The molecule has 0 heterocycles. The van der Waals surface area contributed by atoms with E-state index in [1.165, 1.54) is 44.9 Å². The molecule has 116 valence electrons. The van der Waals surface area contributed by atoms with Crippen LogP contribution in [0.5, 0.6) is 0 Å². The largest absolute Gasteiger partial charge is 1.00 e. The quantitative estimate of drug-likeness (QED) is 0.267. The summed E-state index contributed by atoms with van der Waals surface area (Å²) in [6.45, 7) is 2.23. The Bertz CT molecular complexity index is 205. The summed E-state index contributed by atoms with van der Waals surface area (Å²) in [6.07, 6.45) is 11.5. The van der Waals surface area contributed by atoms with Crippen LogP contribution in [0, 0.1) is 0 Å². The van der Waals surface area contributed by atoms with E-state index in [0.29, 0.717) is 6.42 Å². The maximum absolute atomic E-state index is 10.2. The first kappa shape index (κ1) is 25.5. The Kier molecular flexibility index (Phi) is 22.4. The van der Waals surface area contributed by atoms with Gasteiger partial charge >= 0.3 is 44.6 Å². The number of hydrogen-bond donors (Lipinski definition) is 4. The molecule has 0 aromatic rings. The van der Waals surface area contributed by atoms with Gasteiger partial charge < -0.3 is 24.3 Å². The predicted molar refractivity (Wildman–Crippen MR) is 71.9 cm³/mol. The molecular formula is C12H27NaO6Si. The Labute approximate surface area is 144 Å². The minimum Gasteiger partial charge on any atom is -0.794 e. The number of carbonyl (C=O) groups is 1. The van der Waals surface area contributed by atoms with Crippen LogP contribution in [0.15, 0.2) is 0 Å². The molecule has 0 aliphatic heterocycles. The van der Waals surface area contributed by atoms with E-state index in [0.717, 1.165) is 12.8 Å². The van der Waals surface area contributed by atoms with Crippen LogP contribution in [0.1, 0.15) is 71.1 Å². The standard InChI is InChI=1S/C12H24O2.Na.H3O4Si/c1-2-3-4-5-6-7-8-9-10-11-12(13)14;;1-5(2,3)4/h2-11H2,1H3,(H,13,14);;1-3H/q;+1;-1. The van der Waals surface area contributed by atoms with Gasteiger partial charge in [0.15, 0.2) is 0 Å². The van der Waals surface area contributed by atoms with Crippen molar-refractivity contribution in [1.29, 1.82) is 0 Å². The van der Waals surface area contributed by atoms with Crippen molar-refractivity contribution in [2.75, 3.05) is 0 Å². The Morgan fingerprint density at radius 1 is 0.900 bits per heavy atom. The van der Waals surface area contributed by atoms with Crippen molar-refractivity contribution >= 4 is 15.0 Å². The number of carboxylic acid groups (broad SMARTS) is 1. The van der Waals surface area contributed by atoms with Gasteiger partial charge in [0.1, 0.15) is 0 Å². The summed E-state index contributed by atoms with van der Waals surface area (Å²) < 4.78 is 0. The van der Waals surface area contributed by atoms with E-state index < -0.39 is 15.0 Å². The van der Waals surface area contributed by atoms with Gasteiger partial charge in [-0.05, 0) is 6.42 Å². The number of aliphatic carboxylic acids is 1. The average molecular weight is 318 g/mol. The maximum Gasteiger partial charge on any atom is 1.00 e. The zero-order valence-corrected chi connectivity index (χ0v) is 15.7. The minimum absolute atomic E-state index is 0. The molecule has 0 radical (unpaired) electrons. The predicted octanol–water partition coefficient (Wildman–Crippen LogP) is -2.24. The van der Waals surface area contributed by atoms with Crippen molar-refractivity contribution in [3.05, 3.63) is 0 Å². The second-order valence-corrected chi connectivity index (χ2v) is 5.69. The van der Waals surface area contributed by atoms with Crippen LogP contribution < -0.4 is 34.4 Å². The van der Waals surface area contributed by atoms with E-state index in [1.54, 1.807) is 0 Å².